The van der Waals surface area contributed by atoms with E-state index in [1.807, 2.05) is 0 Å². The van der Waals surface area contributed by atoms with E-state index in [4.69, 9.17) is 10.8 Å². The summed E-state index contributed by atoms with van der Waals surface area (Å²) < 4.78 is 38.7. The lowest BCUT2D eigenvalue weighted by Gasteiger charge is -2.34. The van der Waals surface area contributed by atoms with E-state index in [1.165, 1.54) is 11.0 Å². The van der Waals surface area contributed by atoms with Crippen molar-refractivity contribution in [3.8, 4) is 0 Å². The Kier molecular flexibility index (Phi) is 4.93. The number of carboxylic acids is 1. The highest BCUT2D eigenvalue weighted by Gasteiger charge is 2.35. The van der Waals surface area contributed by atoms with Gasteiger partial charge in [-0.05, 0) is 25.1 Å². The van der Waals surface area contributed by atoms with Crippen molar-refractivity contribution in [3.05, 3.63) is 45.1 Å². The van der Waals surface area contributed by atoms with Gasteiger partial charge in [0.2, 0.25) is 0 Å². The Morgan fingerprint density at radius 2 is 2.00 bits per heavy atom. The molecule has 0 saturated heterocycles. The molecule has 1 heterocycles. The Balaban J connectivity index is 2.35. The fraction of sp³-hybridized carbons (Fsp3) is 0.333. The molecule has 0 aliphatic carbocycles. The number of hydrogen-bond acceptors (Lipinski definition) is 3. The van der Waals surface area contributed by atoms with Crippen molar-refractivity contribution in [1.82, 2.24) is 4.90 Å². The van der Waals surface area contributed by atoms with E-state index in [0.29, 0.717) is 0 Å². The van der Waals surface area contributed by atoms with E-state index >= 15 is 0 Å². The molecule has 0 radical (unpaired) electrons. The molecule has 3 N–H and O–H groups in total. The third kappa shape index (κ3) is 3.55. The largest absolute Gasteiger partial charge is 0.478 e. The van der Waals surface area contributed by atoms with Gasteiger partial charge < -0.3 is 15.7 Å². The Morgan fingerprint density at radius 1 is 1.38 bits per heavy atom. The number of amides is 1. The van der Waals surface area contributed by atoms with Gasteiger partial charge in [-0.2, -0.15) is 13.2 Å². The van der Waals surface area contributed by atoms with Crippen molar-refractivity contribution in [1.29, 1.82) is 0 Å². The van der Waals surface area contributed by atoms with Gasteiger partial charge in [0.25, 0.3) is 5.91 Å². The molecular weight excluding hydrogens is 393 g/mol. The molecule has 2 rings (SSSR count). The van der Waals surface area contributed by atoms with Crippen LogP contribution in [0.25, 0.3) is 0 Å². The minimum Gasteiger partial charge on any atom is -0.478 e. The van der Waals surface area contributed by atoms with Crippen LogP contribution in [0.3, 0.4) is 0 Å². The molecule has 1 aliphatic heterocycles. The van der Waals surface area contributed by atoms with Crippen LogP contribution in [-0.2, 0) is 11.0 Å². The maximum atomic E-state index is 13.0. The molecule has 5 nitrogen and oxygen atoms in total. The van der Waals surface area contributed by atoms with E-state index in [1.54, 1.807) is 6.92 Å². The van der Waals surface area contributed by atoms with Gasteiger partial charge in [0.05, 0.1) is 17.7 Å². The second kappa shape index (κ2) is 6.46. The molecule has 130 valence electrons. The highest BCUT2D eigenvalue weighted by atomic mass is 79.9. The second-order valence-corrected chi connectivity index (χ2v) is 6.34. The third-order valence-corrected chi connectivity index (χ3v) is 4.49. The number of rotatable bonds is 2. The lowest BCUT2D eigenvalue weighted by Crippen LogP contribution is -2.45. The molecule has 1 aromatic rings. The van der Waals surface area contributed by atoms with Gasteiger partial charge in [-0.1, -0.05) is 15.9 Å². The number of aliphatic carboxylic acids is 1. The van der Waals surface area contributed by atoms with Crippen molar-refractivity contribution in [2.24, 2.45) is 5.73 Å². The van der Waals surface area contributed by atoms with Gasteiger partial charge in [0, 0.05) is 28.2 Å². The van der Waals surface area contributed by atoms with Crippen molar-refractivity contribution < 1.29 is 27.9 Å². The molecule has 0 saturated carbocycles. The maximum Gasteiger partial charge on any atom is 0.417 e. The highest BCUT2D eigenvalue weighted by molar-refractivity contribution is 9.10. The molecule has 24 heavy (non-hydrogen) atoms. The van der Waals surface area contributed by atoms with Crippen LogP contribution in [0.2, 0.25) is 0 Å². The standard InChI is InChI=1S/C15H14BrF3N2O3/c1-7-4-9(14(23)24)12(20)6-21(7)13(22)8-2-3-11(16)10(5-8)15(17,18)19/h2-3,5,7H,4,6,20H2,1H3,(H,23,24)/t7-/m1/s1. The van der Waals surface area contributed by atoms with Crippen molar-refractivity contribution >= 4 is 27.8 Å². The van der Waals surface area contributed by atoms with Crippen LogP contribution in [0.1, 0.15) is 29.3 Å². The summed E-state index contributed by atoms with van der Waals surface area (Å²) in [6.45, 7) is 1.48. The molecule has 1 amide bonds. The summed E-state index contributed by atoms with van der Waals surface area (Å²) in [6, 6.07) is 2.72. The van der Waals surface area contributed by atoms with Crippen molar-refractivity contribution in [3.63, 3.8) is 0 Å². The summed E-state index contributed by atoms with van der Waals surface area (Å²) in [5.41, 5.74) is 4.66. The Labute approximate surface area is 144 Å². The van der Waals surface area contributed by atoms with Crippen LogP contribution in [0.15, 0.2) is 33.9 Å². The smallest absolute Gasteiger partial charge is 0.417 e. The Bertz CT molecular complexity index is 731. The molecule has 1 aromatic carbocycles. The first-order chi connectivity index (χ1) is 11.0. The normalized spacial score (nSPS) is 18.7. The van der Waals surface area contributed by atoms with Gasteiger partial charge in [-0.15, -0.1) is 0 Å². The average molecular weight is 407 g/mol. The predicted molar refractivity (Wildman–Crippen MR) is 83.1 cm³/mol. The molecule has 0 unspecified atom stereocenters. The molecule has 1 aliphatic rings. The number of carbonyl (C=O) groups is 2. The minimum atomic E-state index is -4.60. The molecule has 0 spiro atoms. The summed E-state index contributed by atoms with van der Waals surface area (Å²) in [6.07, 6.45) is -4.56. The number of carboxylic acid groups (broad SMARTS) is 1. The number of nitrogens with zero attached hydrogens (tertiary/aromatic N) is 1. The Hall–Kier alpha value is -2.03. The molecular formula is C15H14BrF3N2O3. The maximum absolute atomic E-state index is 13.0. The van der Waals surface area contributed by atoms with Gasteiger partial charge >= 0.3 is 12.1 Å². The van der Waals surface area contributed by atoms with Gasteiger partial charge in [0.1, 0.15) is 0 Å². The number of benzene rings is 1. The minimum absolute atomic E-state index is 0.0262. The zero-order valence-corrected chi connectivity index (χ0v) is 14.1. The number of hydrogen-bond donors (Lipinski definition) is 2. The summed E-state index contributed by atoms with van der Waals surface area (Å²) in [7, 11) is 0. The fourth-order valence-electron chi connectivity index (χ4n) is 2.51. The lowest BCUT2D eigenvalue weighted by atomic mass is 9.97. The van der Waals surface area contributed by atoms with Gasteiger partial charge in [-0.3, -0.25) is 4.79 Å². The topological polar surface area (TPSA) is 83.6 Å². The summed E-state index contributed by atoms with van der Waals surface area (Å²) in [5, 5.41) is 9.05. The average Bonchev–Trinajstić information content (AvgIpc) is 2.47. The first kappa shape index (κ1) is 18.3. The van der Waals surface area contributed by atoms with Crippen LogP contribution in [0.4, 0.5) is 13.2 Å². The van der Waals surface area contributed by atoms with Gasteiger partial charge in [-0.25, -0.2) is 4.79 Å². The summed E-state index contributed by atoms with van der Waals surface area (Å²) in [4.78, 5) is 24.9. The van der Waals surface area contributed by atoms with Crippen LogP contribution >= 0.6 is 15.9 Å². The summed E-state index contributed by atoms with van der Waals surface area (Å²) in [5.74, 6) is -1.79. The predicted octanol–water partition coefficient (Wildman–Crippen LogP) is 3.00. The zero-order valence-electron chi connectivity index (χ0n) is 12.5. The molecule has 0 aromatic heterocycles. The fourth-order valence-corrected chi connectivity index (χ4v) is 2.98. The van der Waals surface area contributed by atoms with Crippen LogP contribution in [-0.4, -0.2) is 34.5 Å². The first-order valence-corrected chi connectivity index (χ1v) is 7.70. The quantitative estimate of drug-likeness (QED) is 0.790. The monoisotopic (exact) mass is 406 g/mol. The number of halogens is 4. The van der Waals surface area contributed by atoms with E-state index in [9.17, 15) is 22.8 Å². The molecule has 9 heteroatoms. The highest BCUT2D eigenvalue weighted by Crippen LogP contribution is 2.35. The summed E-state index contributed by atoms with van der Waals surface area (Å²) >= 11 is 2.82. The third-order valence-electron chi connectivity index (χ3n) is 3.80. The van der Waals surface area contributed by atoms with Crippen molar-refractivity contribution in [2.45, 2.75) is 25.6 Å². The second-order valence-electron chi connectivity index (χ2n) is 5.49. The SMILES string of the molecule is C[C@@H]1CC(C(=O)O)=C(N)CN1C(=O)c1ccc(Br)c(C(F)(F)F)c1. The van der Waals surface area contributed by atoms with Gasteiger partial charge in [0.15, 0.2) is 0 Å². The Morgan fingerprint density at radius 3 is 2.54 bits per heavy atom. The van der Waals surface area contributed by atoms with Crippen LogP contribution in [0.5, 0.6) is 0 Å². The van der Waals surface area contributed by atoms with Crippen LogP contribution in [0, 0.1) is 0 Å². The van der Waals surface area contributed by atoms with Crippen molar-refractivity contribution in [2.75, 3.05) is 6.54 Å². The molecule has 0 bridgehead atoms. The van der Waals surface area contributed by atoms with Crippen LogP contribution < -0.4 is 5.73 Å². The molecule has 1 atom stereocenters. The van der Waals surface area contributed by atoms with E-state index < -0.39 is 29.7 Å². The van der Waals surface area contributed by atoms with E-state index in [0.717, 1.165) is 12.1 Å². The number of carbonyl (C=O) groups excluding carboxylic acids is 1. The van der Waals surface area contributed by atoms with E-state index in [-0.39, 0.29) is 34.3 Å². The number of nitrogens with two attached hydrogens (primary N) is 1. The first-order valence-electron chi connectivity index (χ1n) is 6.91. The number of alkyl halides is 3. The van der Waals surface area contributed by atoms with E-state index in [2.05, 4.69) is 15.9 Å². The molecule has 0 fully saturated rings. The lowest BCUT2D eigenvalue weighted by molar-refractivity contribution is -0.138. The zero-order chi connectivity index (χ0) is 18.2.